The minimum absolute atomic E-state index is 0.121. The first-order chi connectivity index (χ1) is 51.5. The highest BCUT2D eigenvalue weighted by atomic mass is 15.0. The Balaban J connectivity index is 0.700. The van der Waals surface area contributed by atoms with Gasteiger partial charge in [-0.3, -0.25) is 0 Å². The molecule has 4 aromatic heterocycles. The quantitative estimate of drug-likeness (QED) is 0.137. The summed E-state index contributed by atoms with van der Waals surface area (Å²) in [6.45, 7) is 9.46. The van der Waals surface area contributed by atoms with E-state index in [-0.39, 0.29) is 10.8 Å². The molecule has 0 bridgehead atoms. The van der Waals surface area contributed by atoms with E-state index in [4.69, 9.17) is 15.0 Å². The zero-order chi connectivity index (χ0) is 69.8. The van der Waals surface area contributed by atoms with E-state index in [1.54, 1.807) is 0 Å². The Morgan fingerprint density at radius 3 is 0.848 bits per heavy atom. The zero-order valence-electron chi connectivity index (χ0n) is 58.5. The third-order valence-electron chi connectivity index (χ3n) is 22.9. The second kappa shape index (κ2) is 23.1. The molecule has 0 radical (unpaired) electrons. The number of rotatable bonds is 10. The number of para-hydroxylation sites is 2. The van der Waals surface area contributed by atoms with Gasteiger partial charge in [0, 0.05) is 76.9 Å². The molecular weight excluding hydrogens is 1270 g/mol. The first kappa shape index (κ1) is 60.5. The molecule has 0 aliphatic heterocycles. The lowest BCUT2D eigenvalue weighted by molar-refractivity contribution is 0.660. The summed E-state index contributed by atoms with van der Waals surface area (Å²) >= 11 is 0. The number of hydrogen-bond donors (Lipinski definition) is 0. The summed E-state index contributed by atoms with van der Waals surface area (Å²) in [4.78, 5) is 15.7. The van der Waals surface area contributed by atoms with Gasteiger partial charge < -0.3 is 13.7 Å². The molecule has 0 amide bonds. The minimum atomic E-state index is -0.121. The molecule has 0 unspecified atom stereocenters. The Morgan fingerprint density at radius 1 is 0.190 bits per heavy atom. The second-order valence-electron chi connectivity index (χ2n) is 29.5. The van der Waals surface area contributed by atoms with Crippen LogP contribution in [0.25, 0.3) is 183 Å². The van der Waals surface area contributed by atoms with Crippen LogP contribution in [0.4, 0.5) is 0 Å². The van der Waals surface area contributed by atoms with Gasteiger partial charge in [0.05, 0.1) is 33.1 Å². The maximum atomic E-state index is 5.26. The van der Waals surface area contributed by atoms with Crippen molar-refractivity contribution in [1.29, 1.82) is 0 Å². The molecule has 6 heteroatoms. The highest BCUT2D eigenvalue weighted by molar-refractivity contribution is 6.15. The second-order valence-corrected chi connectivity index (χ2v) is 29.5. The third-order valence-corrected chi connectivity index (χ3v) is 22.9. The molecule has 105 heavy (non-hydrogen) atoms. The molecule has 0 spiro atoms. The predicted octanol–water partition coefficient (Wildman–Crippen LogP) is 25.4. The lowest BCUT2D eigenvalue weighted by Crippen LogP contribution is -2.15. The smallest absolute Gasteiger partial charge is 0.164 e. The average Bonchev–Trinajstić information content (AvgIpc) is 1.58. The first-order valence-electron chi connectivity index (χ1n) is 36.4. The standard InChI is InChI=1S/C99H68N6/c1-98(2)85-27-15-11-23-75(85)77-49-47-73(59-87(77)98)104-89-29-17-13-25-79(89)81-55-68(41-51-91(81)104)70-43-53-93-83(57-70)84-58-71(69-42-52-92-82(56-69)80-26-14-18-30-90(80)105(92)74-48-50-78-76-24-12-16-28-86(76)99(3,4)88(78)60-74)44-54-94(84)103(93)72-45-39-67(40-46-72)97-101-95(65-35-31-63(32-36-65)61-19-7-5-8-20-61)100-96(102-97)66-37-33-64(34-38-66)62-21-9-6-10-22-62/h5-60H,1-4H3. The van der Waals surface area contributed by atoms with Crippen molar-refractivity contribution in [2.45, 2.75) is 38.5 Å². The molecule has 494 valence electrons. The maximum Gasteiger partial charge on any atom is 0.164 e. The van der Waals surface area contributed by atoms with Crippen molar-refractivity contribution < 1.29 is 0 Å². The zero-order valence-corrected chi connectivity index (χ0v) is 58.5. The molecule has 21 rings (SSSR count). The van der Waals surface area contributed by atoms with E-state index in [1.165, 1.54) is 110 Å². The molecular formula is C99H68N6. The summed E-state index contributed by atoms with van der Waals surface area (Å²) in [5, 5.41) is 7.23. The average molecular weight is 1340 g/mol. The van der Waals surface area contributed by atoms with Crippen molar-refractivity contribution in [2.75, 3.05) is 0 Å². The van der Waals surface area contributed by atoms with Gasteiger partial charge in [0.25, 0.3) is 0 Å². The molecule has 15 aromatic carbocycles. The Bertz CT molecular complexity index is 6400. The van der Waals surface area contributed by atoms with Crippen LogP contribution in [0.1, 0.15) is 49.9 Å². The fourth-order valence-electron chi connectivity index (χ4n) is 17.6. The Kier molecular flexibility index (Phi) is 13.3. The van der Waals surface area contributed by atoms with Crippen LogP contribution >= 0.6 is 0 Å². The minimum Gasteiger partial charge on any atom is -0.309 e. The fourth-order valence-corrected chi connectivity index (χ4v) is 17.6. The van der Waals surface area contributed by atoms with Gasteiger partial charge in [0.2, 0.25) is 0 Å². The molecule has 0 saturated heterocycles. The molecule has 0 saturated carbocycles. The van der Waals surface area contributed by atoms with Crippen molar-refractivity contribution in [2.24, 2.45) is 0 Å². The van der Waals surface area contributed by atoms with Gasteiger partial charge in [-0.05, 0) is 198 Å². The summed E-state index contributed by atoms with van der Waals surface area (Å²) in [6, 6.07) is 125. The number of fused-ring (bicyclic) bond motifs is 15. The summed E-state index contributed by atoms with van der Waals surface area (Å²) < 4.78 is 7.36. The van der Waals surface area contributed by atoms with Gasteiger partial charge in [-0.15, -0.1) is 0 Å². The predicted molar refractivity (Wildman–Crippen MR) is 436 cm³/mol. The van der Waals surface area contributed by atoms with E-state index in [1.807, 2.05) is 12.1 Å². The van der Waals surface area contributed by atoms with Crippen LogP contribution in [-0.2, 0) is 10.8 Å². The van der Waals surface area contributed by atoms with Crippen LogP contribution in [0.5, 0.6) is 0 Å². The molecule has 0 atom stereocenters. The van der Waals surface area contributed by atoms with Crippen LogP contribution in [0.2, 0.25) is 0 Å². The Labute approximate surface area is 608 Å². The first-order valence-corrected chi connectivity index (χ1v) is 36.4. The highest BCUT2D eigenvalue weighted by Crippen LogP contribution is 2.52. The lowest BCUT2D eigenvalue weighted by Gasteiger charge is -2.22. The monoisotopic (exact) mass is 1340 g/mol. The van der Waals surface area contributed by atoms with Crippen LogP contribution in [0.3, 0.4) is 0 Å². The van der Waals surface area contributed by atoms with Crippen molar-refractivity contribution >= 4 is 65.4 Å². The Hall–Kier alpha value is -13.3. The van der Waals surface area contributed by atoms with E-state index in [0.29, 0.717) is 17.5 Å². The highest BCUT2D eigenvalue weighted by Gasteiger charge is 2.37. The number of aromatic nitrogens is 6. The lowest BCUT2D eigenvalue weighted by atomic mass is 9.82. The van der Waals surface area contributed by atoms with Gasteiger partial charge in [0.15, 0.2) is 17.5 Å². The summed E-state index contributed by atoms with van der Waals surface area (Å²) in [7, 11) is 0. The van der Waals surface area contributed by atoms with Gasteiger partial charge in [0.1, 0.15) is 0 Å². The van der Waals surface area contributed by atoms with E-state index in [0.717, 1.165) is 77.9 Å². The number of nitrogens with zero attached hydrogens (tertiary/aromatic N) is 6. The van der Waals surface area contributed by atoms with Crippen LogP contribution in [-0.4, -0.2) is 28.7 Å². The summed E-state index contributed by atoms with van der Waals surface area (Å²) in [5.74, 6) is 1.82. The van der Waals surface area contributed by atoms with Crippen molar-refractivity contribution in [3.8, 4) is 118 Å². The molecule has 2 aliphatic rings. The van der Waals surface area contributed by atoms with Crippen LogP contribution in [0.15, 0.2) is 340 Å². The van der Waals surface area contributed by atoms with E-state index in [9.17, 15) is 0 Å². The molecule has 4 heterocycles. The van der Waals surface area contributed by atoms with Gasteiger partial charge in [-0.25, -0.2) is 15.0 Å². The molecule has 6 nitrogen and oxygen atoms in total. The fraction of sp³-hybridized carbons (Fsp3) is 0.0606. The van der Waals surface area contributed by atoms with Crippen molar-refractivity contribution in [1.82, 2.24) is 28.7 Å². The molecule has 19 aromatic rings. The van der Waals surface area contributed by atoms with Gasteiger partial charge >= 0.3 is 0 Å². The largest absolute Gasteiger partial charge is 0.309 e. The number of benzene rings is 15. The van der Waals surface area contributed by atoms with Crippen LogP contribution in [0, 0.1) is 0 Å². The van der Waals surface area contributed by atoms with Gasteiger partial charge in [-0.2, -0.15) is 0 Å². The van der Waals surface area contributed by atoms with Gasteiger partial charge in [-0.1, -0.05) is 258 Å². The number of hydrogen-bond acceptors (Lipinski definition) is 3. The topological polar surface area (TPSA) is 53.5 Å². The molecule has 0 fully saturated rings. The Morgan fingerprint density at radius 2 is 0.457 bits per heavy atom. The van der Waals surface area contributed by atoms with E-state index in [2.05, 4.69) is 369 Å². The van der Waals surface area contributed by atoms with E-state index >= 15 is 0 Å². The van der Waals surface area contributed by atoms with Crippen molar-refractivity contribution in [3.05, 3.63) is 362 Å². The summed E-state index contributed by atoms with van der Waals surface area (Å²) in [6.07, 6.45) is 0. The summed E-state index contributed by atoms with van der Waals surface area (Å²) in [5.41, 5.74) is 32.8. The maximum absolute atomic E-state index is 5.26. The van der Waals surface area contributed by atoms with Crippen molar-refractivity contribution in [3.63, 3.8) is 0 Å². The normalized spacial score (nSPS) is 13.3. The third kappa shape index (κ3) is 9.46. The van der Waals surface area contributed by atoms with Crippen LogP contribution < -0.4 is 0 Å². The molecule has 2 aliphatic carbocycles. The van der Waals surface area contributed by atoms with E-state index < -0.39 is 0 Å². The SMILES string of the molecule is CC1(C)c2ccccc2-c2ccc(-n3c4ccccc4c4cc(-c5ccc6c(c5)c5cc(-c7ccc8c(c7)c7ccccc7n8-c7ccc8c(c7)C(C)(C)c7ccccc7-8)ccc5n6-c5ccc(-c6nc(-c7ccc(-c8ccccc8)cc7)nc(-c7ccc(-c8ccccc8)cc7)n6)cc5)ccc43)cc21. The molecule has 0 N–H and O–H groups in total.